The summed E-state index contributed by atoms with van der Waals surface area (Å²) >= 11 is 0. The normalized spacial score (nSPS) is 13.5. The molecular formula is C58H37NO. The van der Waals surface area contributed by atoms with Gasteiger partial charge >= 0.3 is 0 Å². The van der Waals surface area contributed by atoms with Gasteiger partial charge in [-0.15, -0.1) is 0 Å². The van der Waals surface area contributed by atoms with Crippen LogP contribution in [0.15, 0.2) is 212 Å². The summed E-state index contributed by atoms with van der Waals surface area (Å²) in [5.74, 6) is 1.86. The molecule has 0 aromatic heterocycles. The van der Waals surface area contributed by atoms with E-state index in [9.17, 15) is 0 Å². The minimum absolute atomic E-state index is 0.625. The van der Waals surface area contributed by atoms with E-state index >= 15 is 0 Å². The number of hydrogen-bond donors (Lipinski definition) is 0. The van der Waals surface area contributed by atoms with Gasteiger partial charge in [-0.3, -0.25) is 0 Å². The van der Waals surface area contributed by atoms with Crippen molar-refractivity contribution in [3.05, 3.63) is 246 Å². The van der Waals surface area contributed by atoms with Gasteiger partial charge in [-0.2, -0.15) is 0 Å². The maximum atomic E-state index is 7.23. The van der Waals surface area contributed by atoms with Gasteiger partial charge in [0, 0.05) is 38.8 Å². The van der Waals surface area contributed by atoms with Crippen molar-refractivity contribution < 1.29 is 4.74 Å². The van der Waals surface area contributed by atoms with E-state index < -0.39 is 5.41 Å². The second kappa shape index (κ2) is 12.7. The Hall–Kier alpha value is -7.68. The first-order valence-electron chi connectivity index (χ1n) is 20.9. The maximum absolute atomic E-state index is 7.23. The summed E-state index contributed by atoms with van der Waals surface area (Å²) in [5, 5.41) is 4.58. The zero-order valence-electron chi connectivity index (χ0n) is 32.8. The summed E-state index contributed by atoms with van der Waals surface area (Å²) in [5.41, 5.74) is 18.0. The molecule has 60 heavy (non-hydrogen) atoms. The van der Waals surface area contributed by atoms with Crippen molar-refractivity contribution in [1.82, 2.24) is 0 Å². The van der Waals surface area contributed by atoms with Gasteiger partial charge in [0.25, 0.3) is 0 Å². The molecule has 2 aliphatic carbocycles. The summed E-state index contributed by atoms with van der Waals surface area (Å²) in [6.45, 7) is 0. The van der Waals surface area contributed by atoms with Crippen LogP contribution in [-0.4, -0.2) is 0 Å². The highest BCUT2D eigenvalue weighted by atomic mass is 16.5. The molecule has 0 amide bonds. The molecule has 10 aromatic rings. The van der Waals surface area contributed by atoms with E-state index in [4.69, 9.17) is 4.74 Å². The monoisotopic (exact) mass is 763 g/mol. The van der Waals surface area contributed by atoms with Gasteiger partial charge in [-0.25, -0.2) is 0 Å². The lowest BCUT2D eigenvalue weighted by molar-refractivity contribution is 0.447. The lowest BCUT2D eigenvalue weighted by Gasteiger charge is -2.40. The van der Waals surface area contributed by atoms with Crippen LogP contribution >= 0.6 is 0 Å². The molecule has 10 aromatic carbocycles. The standard InChI is InChI=1S/C58H37NO/c1-2-18-41(19-3-1)59(42-32-29-40-35-39-17-6-7-20-43(39)49(40)36-42)54-28-13-11-23-46(54)47-25-14-27-51-55(47)48-24-10-12-26-50(48)58(51)52-33-30-37-15-4-8-21-44(37)56(52)60-57-45-22-9-5-16-38(45)31-34-53(57)58/h1-34,36H,35H2. The Kier molecular flexibility index (Phi) is 7.03. The van der Waals surface area contributed by atoms with Crippen LogP contribution in [0.3, 0.4) is 0 Å². The second-order valence-corrected chi connectivity index (χ2v) is 16.3. The average molecular weight is 764 g/mol. The molecule has 1 aliphatic heterocycles. The van der Waals surface area contributed by atoms with Gasteiger partial charge < -0.3 is 9.64 Å². The van der Waals surface area contributed by atoms with Crippen molar-refractivity contribution in [2.24, 2.45) is 0 Å². The minimum atomic E-state index is -0.625. The SMILES string of the molecule is c1ccc(N(c2ccc3c(c2)-c2ccccc2C3)c2ccccc2-c2cccc3c2-c2ccccc2C32c3ccc4ccccc4c3Oc3c2ccc2ccccc32)cc1. The van der Waals surface area contributed by atoms with E-state index in [2.05, 4.69) is 217 Å². The molecule has 2 heteroatoms. The Morgan fingerprint density at radius 3 is 1.72 bits per heavy atom. The van der Waals surface area contributed by atoms with E-state index in [1.807, 2.05) is 0 Å². The Morgan fingerprint density at radius 1 is 0.367 bits per heavy atom. The van der Waals surface area contributed by atoms with Gasteiger partial charge in [0.2, 0.25) is 0 Å². The number of fused-ring (bicyclic) bond motifs is 16. The van der Waals surface area contributed by atoms with Crippen LogP contribution in [0.5, 0.6) is 11.5 Å². The summed E-state index contributed by atoms with van der Waals surface area (Å²) < 4.78 is 7.23. The highest BCUT2D eigenvalue weighted by Crippen LogP contribution is 2.65. The molecule has 1 spiro atoms. The van der Waals surface area contributed by atoms with Crippen molar-refractivity contribution in [3.8, 4) is 44.9 Å². The fraction of sp³-hybridized carbons (Fsp3) is 0.0345. The van der Waals surface area contributed by atoms with Crippen molar-refractivity contribution in [2.45, 2.75) is 11.8 Å². The molecule has 0 saturated heterocycles. The van der Waals surface area contributed by atoms with Crippen LogP contribution in [0.1, 0.15) is 33.4 Å². The van der Waals surface area contributed by atoms with Crippen LogP contribution < -0.4 is 9.64 Å². The molecule has 0 bridgehead atoms. The van der Waals surface area contributed by atoms with Crippen molar-refractivity contribution in [1.29, 1.82) is 0 Å². The first-order valence-corrected chi connectivity index (χ1v) is 20.9. The van der Waals surface area contributed by atoms with Crippen molar-refractivity contribution >= 4 is 38.6 Å². The van der Waals surface area contributed by atoms with E-state index in [0.717, 1.165) is 45.8 Å². The highest BCUT2D eigenvalue weighted by Gasteiger charge is 2.52. The van der Waals surface area contributed by atoms with E-state index in [1.165, 1.54) is 77.5 Å². The predicted octanol–water partition coefficient (Wildman–Crippen LogP) is 15.2. The zero-order chi connectivity index (χ0) is 39.4. The lowest BCUT2D eigenvalue weighted by Crippen LogP contribution is -2.32. The number of hydrogen-bond acceptors (Lipinski definition) is 2. The molecular weight excluding hydrogens is 727 g/mol. The van der Waals surface area contributed by atoms with Crippen LogP contribution in [0.4, 0.5) is 17.1 Å². The molecule has 2 nitrogen and oxygen atoms in total. The van der Waals surface area contributed by atoms with E-state index in [-0.39, 0.29) is 0 Å². The topological polar surface area (TPSA) is 12.5 Å². The molecule has 0 atom stereocenters. The molecule has 3 aliphatic rings. The first kappa shape index (κ1) is 33.3. The van der Waals surface area contributed by atoms with Gasteiger partial charge in [0.15, 0.2) is 0 Å². The van der Waals surface area contributed by atoms with Gasteiger partial charge in [-0.05, 0) is 97.6 Å². The van der Waals surface area contributed by atoms with Crippen molar-refractivity contribution in [3.63, 3.8) is 0 Å². The molecule has 0 unspecified atom stereocenters. The minimum Gasteiger partial charge on any atom is -0.455 e. The number of anilines is 3. The largest absolute Gasteiger partial charge is 0.455 e. The molecule has 1 heterocycles. The highest BCUT2D eigenvalue weighted by molar-refractivity contribution is 6.04. The molecule has 0 N–H and O–H groups in total. The van der Waals surface area contributed by atoms with Crippen molar-refractivity contribution in [2.75, 3.05) is 4.90 Å². The molecule has 0 fully saturated rings. The van der Waals surface area contributed by atoms with Gasteiger partial charge in [-0.1, -0.05) is 182 Å². The number of benzene rings is 10. The third-order valence-electron chi connectivity index (χ3n) is 13.3. The smallest absolute Gasteiger partial charge is 0.140 e. The first-order chi connectivity index (χ1) is 29.8. The van der Waals surface area contributed by atoms with E-state index in [0.29, 0.717) is 0 Å². The quantitative estimate of drug-likeness (QED) is 0.177. The fourth-order valence-corrected chi connectivity index (χ4v) is 10.8. The number of rotatable bonds is 4. The summed E-state index contributed by atoms with van der Waals surface area (Å²) in [7, 11) is 0. The number of ether oxygens (including phenoxy) is 1. The number of para-hydroxylation sites is 2. The second-order valence-electron chi connectivity index (χ2n) is 16.3. The molecule has 280 valence electrons. The summed E-state index contributed by atoms with van der Waals surface area (Å²) in [4.78, 5) is 2.45. The number of nitrogens with zero attached hydrogens (tertiary/aromatic N) is 1. The summed E-state index contributed by atoms with van der Waals surface area (Å²) in [6, 6.07) is 78.2. The van der Waals surface area contributed by atoms with Gasteiger partial charge in [0.05, 0.1) is 11.1 Å². The average Bonchev–Trinajstić information content (AvgIpc) is 3.83. The van der Waals surface area contributed by atoms with Gasteiger partial charge in [0.1, 0.15) is 11.5 Å². The lowest BCUT2D eigenvalue weighted by atomic mass is 9.65. The fourth-order valence-electron chi connectivity index (χ4n) is 10.8. The molecule has 13 rings (SSSR count). The Bertz CT molecular complexity index is 3310. The van der Waals surface area contributed by atoms with Crippen LogP contribution in [0, 0.1) is 0 Å². The van der Waals surface area contributed by atoms with Crippen LogP contribution in [-0.2, 0) is 11.8 Å². The summed E-state index contributed by atoms with van der Waals surface area (Å²) in [6.07, 6.45) is 0.966. The Labute approximate surface area is 349 Å². The third-order valence-corrected chi connectivity index (χ3v) is 13.3. The molecule has 0 saturated carbocycles. The van der Waals surface area contributed by atoms with E-state index in [1.54, 1.807) is 0 Å². The Morgan fingerprint density at radius 2 is 0.950 bits per heavy atom. The van der Waals surface area contributed by atoms with Crippen LogP contribution in [0.2, 0.25) is 0 Å². The van der Waals surface area contributed by atoms with Crippen LogP contribution in [0.25, 0.3) is 54.9 Å². The predicted molar refractivity (Wildman–Crippen MR) is 247 cm³/mol. The maximum Gasteiger partial charge on any atom is 0.140 e. The molecule has 0 radical (unpaired) electrons. The third kappa shape index (κ3) is 4.53. The Balaban J connectivity index is 1.09. The zero-order valence-corrected chi connectivity index (χ0v) is 32.8.